The Balaban J connectivity index is 1.17. The lowest BCUT2D eigenvalue weighted by atomic mass is 10.0. The molecule has 3 N–H and O–H groups in total. The van der Waals surface area contributed by atoms with Crippen LogP contribution >= 0.6 is 0 Å². The zero-order chi connectivity index (χ0) is 50.3. The number of nitrogens with one attached hydrogen (secondary N) is 3. The predicted octanol–water partition coefficient (Wildman–Crippen LogP) is 6.50. The van der Waals surface area contributed by atoms with E-state index in [0.717, 1.165) is 22.3 Å². The molecule has 0 bridgehead atoms. The maximum Gasteiger partial charge on any atom is 0.332 e. The van der Waals surface area contributed by atoms with E-state index >= 15 is 0 Å². The summed E-state index contributed by atoms with van der Waals surface area (Å²) in [6.45, 7) is 3.00. The van der Waals surface area contributed by atoms with Crippen LogP contribution in [0.3, 0.4) is 0 Å². The SMILES string of the molecule is Cc1cccc(C(=O)N[C@H]2COC(=O)[C@@H](NC(=O)c3cc(C=O)cc(OCc4ccccc4)c3OCc3ccccc3)COC(=O)[C@@H](NC(=O)c3cccc(OCc4ccccc4)c3C)COC2=O)c1C. The number of esters is 3. The van der Waals surface area contributed by atoms with Gasteiger partial charge in [0.15, 0.2) is 29.6 Å². The normalized spacial score (nSPS) is 16.0. The summed E-state index contributed by atoms with van der Waals surface area (Å²) in [7, 11) is 0. The quantitative estimate of drug-likeness (QED) is 0.0538. The van der Waals surface area contributed by atoms with E-state index in [1.807, 2.05) is 104 Å². The Hall–Kier alpha value is -8.79. The molecule has 0 aromatic heterocycles. The zero-order valence-electron chi connectivity index (χ0n) is 39.1. The van der Waals surface area contributed by atoms with E-state index in [2.05, 4.69) is 16.0 Å². The minimum Gasteiger partial charge on any atom is -0.489 e. The topological polar surface area (TPSA) is 211 Å². The van der Waals surface area contributed by atoms with Crippen molar-refractivity contribution in [3.8, 4) is 17.2 Å². The molecular formula is C55H51N3O13. The Morgan fingerprint density at radius 1 is 0.493 bits per heavy atom. The van der Waals surface area contributed by atoms with Gasteiger partial charge in [-0.25, -0.2) is 14.4 Å². The van der Waals surface area contributed by atoms with Gasteiger partial charge in [-0.15, -0.1) is 0 Å². The lowest BCUT2D eigenvalue weighted by Gasteiger charge is -2.25. The van der Waals surface area contributed by atoms with Gasteiger partial charge in [-0.1, -0.05) is 109 Å². The molecule has 0 saturated carbocycles. The zero-order valence-corrected chi connectivity index (χ0v) is 39.1. The number of rotatable bonds is 16. The van der Waals surface area contributed by atoms with Gasteiger partial charge in [-0.2, -0.15) is 0 Å². The third kappa shape index (κ3) is 13.3. The highest BCUT2D eigenvalue weighted by atomic mass is 16.6. The van der Waals surface area contributed by atoms with Crippen molar-refractivity contribution in [2.45, 2.75) is 58.7 Å². The Labute approximate surface area is 409 Å². The van der Waals surface area contributed by atoms with E-state index in [0.29, 0.717) is 23.2 Å². The molecule has 6 aromatic carbocycles. The smallest absolute Gasteiger partial charge is 0.332 e. The van der Waals surface area contributed by atoms with E-state index in [-0.39, 0.29) is 53.6 Å². The Kier molecular flexibility index (Phi) is 16.9. The van der Waals surface area contributed by atoms with Crippen LogP contribution in [0, 0.1) is 20.8 Å². The Morgan fingerprint density at radius 3 is 1.37 bits per heavy atom. The van der Waals surface area contributed by atoms with Gasteiger partial charge in [0.25, 0.3) is 17.7 Å². The molecule has 3 atom stereocenters. The molecule has 1 aliphatic rings. The maximum atomic E-state index is 14.5. The van der Waals surface area contributed by atoms with Crippen LogP contribution in [0.5, 0.6) is 17.2 Å². The van der Waals surface area contributed by atoms with Crippen LogP contribution in [0.15, 0.2) is 140 Å². The molecule has 1 fully saturated rings. The number of aldehydes is 1. The molecule has 0 unspecified atom stereocenters. The number of ether oxygens (including phenoxy) is 6. The van der Waals surface area contributed by atoms with E-state index in [1.54, 1.807) is 38.1 Å². The van der Waals surface area contributed by atoms with Gasteiger partial charge in [0.05, 0.1) is 5.56 Å². The number of hydrogen-bond donors (Lipinski definition) is 3. The summed E-state index contributed by atoms with van der Waals surface area (Å²) in [6.07, 6.45) is 0.509. The molecule has 6 aromatic rings. The van der Waals surface area contributed by atoms with Crippen LogP contribution in [-0.4, -0.2) is 79.9 Å². The first-order valence-corrected chi connectivity index (χ1v) is 22.6. The summed E-state index contributed by atoms with van der Waals surface area (Å²) >= 11 is 0. The third-order valence-electron chi connectivity index (χ3n) is 11.5. The number of carbonyl (C=O) groups excluding carboxylic acids is 7. The molecular weight excluding hydrogens is 911 g/mol. The molecule has 3 amide bonds. The molecule has 0 spiro atoms. The number of amides is 3. The molecule has 1 saturated heterocycles. The minimum atomic E-state index is -1.77. The maximum absolute atomic E-state index is 14.5. The van der Waals surface area contributed by atoms with E-state index in [1.165, 1.54) is 18.2 Å². The first-order valence-electron chi connectivity index (χ1n) is 22.6. The van der Waals surface area contributed by atoms with Crippen molar-refractivity contribution in [1.82, 2.24) is 16.0 Å². The second kappa shape index (κ2) is 24.0. The molecule has 16 nitrogen and oxygen atoms in total. The van der Waals surface area contributed by atoms with Gasteiger partial charge >= 0.3 is 17.9 Å². The van der Waals surface area contributed by atoms with Gasteiger partial charge in [0, 0.05) is 22.3 Å². The first kappa shape index (κ1) is 50.1. The van der Waals surface area contributed by atoms with Crippen LogP contribution in [0.2, 0.25) is 0 Å². The van der Waals surface area contributed by atoms with E-state index in [4.69, 9.17) is 28.4 Å². The van der Waals surface area contributed by atoms with Crippen molar-refractivity contribution in [3.63, 3.8) is 0 Å². The number of benzene rings is 6. The summed E-state index contributed by atoms with van der Waals surface area (Å²) in [5.74, 6) is -5.53. The fraction of sp³-hybridized carbons (Fsp3) is 0.218. The molecule has 1 heterocycles. The van der Waals surface area contributed by atoms with Gasteiger partial charge in [0.2, 0.25) is 0 Å². The minimum absolute atomic E-state index is 0.0287. The van der Waals surface area contributed by atoms with Crippen LogP contribution < -0.4 is 30.2 Å². The van der Waals surface area contributed by atoms with Crippen molar-refractivity contribution in [2.75, 3.05) is 19.8 Å². The second-order valence-corrected chi connectivity index (χ2v) is 16.5. The second-order valence-electron chi connectivity index (χ2n) is 16.5. The number of hydrogen-bond acceptors (Lipinski definition) is 13. The van der Waals surface area contributed by atoms with Crippen LogP contribution in [0.25, 0.3) is 0 Å². The van der Waals surface area contributed by atoms with Gasteiger partial charge < -0.3 is 44.4 Å². The van der Waals surface area contributed by atoms with Gasteiger partial charge in [0.1, 0.15) is 51.7 Å². The Bertz CT molecular complexity index is 2890. The van der Waals surface area contributed by atoms with Crippen molar-refractivity contribution in [2.24, 2.45) is 0 Å². The van der Waals surface area contributed by atoms with E-state index in [9.17, 15) is 33.6 Å². The summed E-state index contributed by atoms with van der Waals surface area (Å²) in [5.41, 5.74) is 4.44. The lowest BCUT2D eigenvalue weighted by Crippen LogP contribution is -2.53. The average molecular weight is 962 g/mol. The highest BCUT2D eigenvalue weighted by Crippen LogP contribution is 2.35. The molecule has 0 aliphatic carbocycles. The largest absolute Gasteiger partial charge is 0.489 e. The summed E-state index contributed by atoms with van der Waals surface area (Å²) < 4.78 is 35.0. The monoisotopic (exact) mass is 961 g/mol. The number of cyclic esters (lactones) is 3. The van der Waals surface area contributed by atoms with Crippen LogP contribution in [-0.2, 0) is 48.4 Å². The molecule has 16 heteroatoms. The first-order chi connectivity index (χ1) is 34.4. The van der Waals surface area contributed by atoms with Crippen molar-refractivity contribution in [3.05, 3.63) is 195 Å². The van der Waals surface area contributed by atoms with Crippen molar-refractivity contribution in [1.29, 1.82) is 0 Å². The summed E-state index contributed by atoms with van der Waals surface area (Å²) in [4.78, 5) is 96.1. The highest BCUT2D eigenvalue weighted by molar-refractivity contribution is 6.02. The Morgan fingerprint density at radius 2 is 0.901 bits per heavy atom. The molecule has 1 aliphatic heterocycles. The number of aryl methyl sites for hydroxylation is 1. The third-order valence-corrected chi connectivity index (χ3v) is 11.5. The van der Waals surface area contributed by atoms with Crippen LogP contribution in [0.4, 0.5) is 0 Å². The molecule has 71 heavy (non-hydrogen) atoms. The van der Waals surface area contributed by atoms with Crippen LogP contribution in [0.1, 0.15) is 74.8 Å². The fourth-order valence-electron chi connectivity index (χ4n) is 7.34. The van der Waals surface area contributed by atoms with Gasteiger partial charge in [-0.3, -0.25) is 19.2 Å². The van der Waals surface area contributed by atoms with Crippen molar-refractivity contribution >= 4 is 41.9 Å². The molecule has 7 rings (SSSR count). The van der Waals surface area contributed by atoms with Gasteiger partial charge in [-0.05, 0) is 78.9 Å². The standard InChI is InChI=1S/C55H51N3O13/c1-34-15-13-22-41(35(34)2)50(60)56-44-31-70-55(65)46(33-71-54(64)45(32-69-53(44)63)57-51(61)42-23-14-24-47(36(42)3)66-28-37-16-7-4-8-17-37)58-52(62)43-25-40(27-59)26-48(67-29-38-18-9-5-10-19-38)49(43)68-30-39-20-11-6-12-21-39/h4-27,44-46H,28-33H2,1-3H3,(H,56,60)(H,57,61)(H,58,62)/t44-,45-,46-/m0/s1. The summed E-state index contributed by atoms with van der Waals surface area (Å²) in [5, 5.41) is 7.65. The van der Waals surface area contributed by atoms with E-state index < -0.39 is 73.6 Å². The highest BCUT2D eigenvalue weighted by Gasteiger charge is 2.35. The number of carbonyl (C=O) groups is 7. The molecule has 364 valence electrons. The lowest BCUT2D eigenvalue weighted by molar-refractivity contribution is -0.160. The van der Waals surface area contributed by atoms with Crippen molar-refractivity contribution < 1.29 is 62.0 Å². The molecule has 0 radical (unpaired) electrons. The summed E-state index contributed by atoms with van der Waals surface area (Å²) in [6, 6.07) is 35.0. The average Bonchev–Trinajstić information content (AvgIpc) is 3.39. The predicted molar refractivity (Wildman–Crippen MR) is 258 cm³/mol. The fourth-order valence-corrected chi connectivity index (χ4v) is 7.34.